The highest BCUT2D eigenvalue weighted by molar-refractivity contribution is 9.10. The molecule has 100 valence electrons. The van der Waals surface area contributed by atoms with Gasteiger partial charge in [-0.1, -0.05) is 11.6 Å². The van der Waals surface area contributed by atoms with E-state index in [1.165, 1.54) is 6.07 Å². The van der Waals surface area contributed by atoms with E-state index >= 15 is 0 Å². The van der Waals surface area contributed by atoms with E-state index in [-0.39, 0.29) is 17.4 Å². The molecular formula is C12H10BrClFN3O. The van der Waals surface area contributed by atoms with Gasteiger partial charge in [-0.25, -0.2) is 4.39 Å². The number of nitrogens with one attached hydrogen (secondary N) is 1. The Morgan fingerprint density at radius 1 is 1.58 bits per heavy atom. The molecule has 1 aromatic heterocycles. The number of aromatic nitrogens is 2. The Hall–Kier alpha value is -1.40. The zero-order valence-electron chi connectivity index (χ0n) is 9.95. The Kier molecular flexibility index (Phi) is 4.21. The number of aryl methyl sites for hydroxylation is 1. The third kappa shape index (κ3) is 3.54. The van der Waals surface area contributed by atoms with E-state index in [1.54, 1.807) is 24.0 Å². The quantitative estimate of drug-likeness (QED) is 0.928. The molecule has 0 unspecified atom stereocenters. The minimum absolute atomic E-state index is 0.126. The van der Waals surface area contributed by atoms with Gasteiger partial charge in [0.05, 0.1) is 22.8 Å². The number of hydrogen-bond donors (Lipinski definition) is 1. The standard InChI is InChI=1S/C12H10BrClFN3O/c1-18-3-2-8(17-18)6-11(19)16-12-9(13)4-7(15)5-10(12)14/h2-5H,6H2,1H3,(H,16,19). The first-order valence-electron chi connectivity index (χ1n) is 5.38. The molecule has 1 amide bonds. The van der Waals surface area contributed by atoms with Crippen molar-refractivity contribution in [3.8, 4) is 0 Å². The summed E-state index contributed by atoms with van der Waals surface area (Å²) in [5.41, 5.74) is 0.998. The van der Waals surface area contributed by atoms with E-state index < -0.39 is 5.82 Å². The Bertz CT molecular complexity index is 606. The van der Waals surface area contributed by atoms with E-state index in [9.17, 15) is 9.18 Å². The highest BCUT2D eigenvalue weighted by Crippen LogP contribution is 2.31. The van der Waals surface area contributed by atoms with Crippen molar-refractivity contribution in [1.82, 2.24) is 9.78 Å². The fraction of sp³-hybridized carbons (Fsp3) is 0.167. The van der Waals surface area contributed by atoms with Crippen molar-refractivity contribution in [3.05, 3.63) is 45.4 Å². The molecule has 7 heteroatoms. The van der Waals surface area contributed by atoms with Gasteiger partial charge in [-0.15, -0.1) is 0 Å². The van der Waals surface area contributed by atoms with Crippen LogP contribution >= 0.6 is 27.5 Å². The molecule has 0 spiro atoms. The van der Waals surface area contributed by atoms with E-state index in [0.29, 0.717) is 15.9 Å². The number of carbonyl (C=O) groups is 1. The number of benzene rings is 1. The topological polar surface area (TPSA) is 46.9 Å². The number of amides is 1. The molecule has 19 heavy (non-hydrogen) atoms. The summed E-state index contributed by atoms with van der Waals surface area (Å²) in [6, 6.07) is 4.13. The molecule has 1 heterocycles. The van der Waals surface area contributed by atoms with Crippen molar-refractivity contribution in [2.45, 2.75) is 6.42 Å². The Morgan fingerprint density at radius 3 is 2.89 bits per heavy atom. The molecule has 0 aliphatic rings. The van der Waals surface area contributed by atoms with Gasteiger partial charge >= 0.3 is 0 Å². The van der Waals surface area contributed by atoms with Gasteiger partial charge in [0.25, 0.3) is 0 Å². The summed E-state index contributed by atoms with van der Waals surface area (Å²) in [6.07, 6.45) is 1.88. The first kappa shape index (κ1) is 14.0. The van der Waals surface area contributed by atoms with Gasteiger partial charge in [0.1, 0.15) is 5.82 Å². The summed E-state index contributed by atoms with van der Waals surface area (Å²) in [5, 5.41) is 6.87. The molecular weight excluding hydrogens is 337 g/mol. The molecule has 0 aliphatic carbocycles. The largest absolute Gasteiger partial charge is 0.323 e. The van der Waals surface area contributed by atoms with Crippen molar-refractivity contribution >= 4 is 39.1 Å². The highest BCUT2D eigenvalue weighted by atomic mass is 79.9. The lowest BCUT2D eigenvalue weighted by Crippen LogP contribution is -2.15. The molecule has 0 saturated carbocycles. The van der Waals surface area contributed by atoms with Gasteiger partial charge in [0.2, 0.25) is 5.91 Å². The predicted molar refractivity (Wildman–Crippen MR) is 74.7 cm³/mol. The van der Waals surface area contributed by atoms with E-state index in [1.807, 2.05) is 0 Å². The van der Waals surface area contributed by atoms with E-state index in [0.717, 1.165) is 6.07 Å². The maximum absolute atomic E-state index is 13.1. The zero-order chi connectivity index (χ0) is 14.0. The predicted octanol–water partition coefficient (Wildman–Crippen LogP) is 3.16. The Balaban J connectivity index is 2.11. The zero-order valence-corrected chi connectivity index (χ0v) is 12.3. The first-order valence-corrected chi connectivity index (χ1v) is 6.55. The van der Waals surface area contributed by atoms with Gasteiger partial charge in [-0.05, 0) is 34.1 Å². The van der Waals surface area contributed by atoms with Crippen LogP contribution in [0, 0.1) is 5.82 Å². The molecule has 0 aliphatic heterocycles. The maximum atomic E-state index is 13.1. The normalized spacial score (nSPS) is 10.5. The lowest BCUT2D eigenvalue weighted by atomic mass is 10.2. The summed E-state index contributed by atoms with van der Waals surface area (Å²) < 4.78 is 15.1. The average molecular weight is 347 g/mol. The van der Waals surface area contributed by atoms with Crippen molar-refractivity contribution < 1.29 is 9.18 Å². The van der Waals surface area contributed by atoms with Crippen molar-refractivity contribution in [2.75, 3.05) is 5.32 Å². The first-order chi connectivity index (χ1) is 8.95. The van der Waals surface area contributed by atoms with Crippen LogP contribution in [0.15, 0.2) is 28.9 Å². The molecule has 1 N–H and O–H groups in total. The maximum Gasteiger partial charge on any atom is 0.230 e. The lowest BCUT2D eigenvalue weighted by molar-refractivity contribution is -0.115. The van der Waals surface area contributed by atoms with Gasteiger partial charge in [-0.3, -0.25) is 9.48 Å². The van der Waals surface area contributed by atoms with Crippen molar-refractivity contribution in [2.24, 2.45) is 7.05 Å². The number of nitrogens with zero attached hydrogens (tertiary/aromatic N) is 2. The molecule has 1 aromatic carbocycles. The van der Waals surface area contributed by atoms with Crippen LogP contribution in [0.2, 0.25) is 5.02 Å². The van der Waals surface area contributed by atoms with Gasteiger partial charge in [0.15, 0.2) is 0 Å². The average Bonchev–Trinajstić information content (AvgIpc) is 2.69. The third-order valence-corrected chi connectivity index (χ3v) is 3.31. The molecule has 0 atom stereocenters. The number of halogens is 3. The van der Waals surface area contributed by atoms with Crippen LogP contribution in [0.3, 0.4) is 0 Å². The summed E-state index contributed by atoms with van der Waals surface area (Å²) in [5.74, 6) is -0.743. The number of carbonyl (C=O) groups excluding carboxylic acids is 1. The smallest absolute Gasteiger partial charge is 0.230 e. The number of hydrogen-bond acceptors (Lipinski definition) is 2. The van der Waals surface area contributed by atoms with Gasteiger partial charge in [-0.2, -0.15) is 5.10 Å². The molecule has 0 saturated heterocycles. The second-order valence-corrected chi connectivity index (χ2v) is 5.21. The summed E-state index contributed by atoms with van der Waals surface area (Å²) >= 11 is 9.04. The van der Waals surface area contributed by atoms with Crippen LogP contribution in [0.25, 0.3) is 0 Å². The van der Waals surface area contributed by atoms with Crippen LogP contribution < -0.4 is 5.32 Å². The summed E-state index contributed by atoms with van der Waals surface area (Å²) in [7, 11) is 1.77. The number of rotatable bonds is 3. The highest BCUT2D eigenvalue weighted by Gasteiger charge is 2.12. The molecule has 2 aromatic rings. The van der Waals surface area contributed by atoms with Crippen LogP contribution in [0.4, 0.5) is 10.1 Å². The second-order valence-electron chi connectivity index (χ2n) is 3.95. The van der Waals surface area contributed by atoms with Crippen LogP contribution in [0.1, 0.15) is 5.69 Å². The fourth-order valence-electron chi connectivity index (χ4n) is 1.57. The van der Waals surface area contributed by atoms with Crippen LogP contribution in [-0.2, 0) is 18.3 Å². The van der Waals surface area contributed by atoms with Crippen LogP contribution in [0.5, 0.6) is 0 Å². The molecule has 2 rings (SSSR count). The monoisotopic (exact) mass is 345 g/mol. The minimum Gasteiger partial charge on any atom is -0.323 e. The minimum atomic E-state index is -0.473. The fourth-order valence-corrected chi connectivity index (χ4v) is 2.47. The van der Waals surface area contributed by atoms with Crippen molar-refractivity contribution in [1.29, 1.82) is 0 Å². The Morgan fingerprint density at radius 2 is 2.32 bits per heavy atom. The second kappa shape index (κ2) is 5.71. The van der Waals surface area contributed by atoms with Crippen LogP contribution in [-0.4, -0.2) is 15.7 Å². The lowest BCUT2D eigenvalue weighted by Gasteiger charge is -2.09. The van der Waals surface area contributed by atoms with Gasteiger partial charge < -0.3 is 5.32 Å². The molecule has 0 fully saturated rings. The van der Waals surface area contributed by atoms with Crippen molar-refractivity contribution in [3.63, 3.8) is 0 Å². The SMILES string of the molecule is Cn1ccc(CC(=O)Nc2c(Cl)cc(F)cc2Br)n1. The molecule has 4 nitrogen and oxygen atoms in total. The van der Waals surface area contributed by atoms with E-state index in [4.69, 9.17) is 11.6 Å². The number of anilines is 1. The molecule has 0 bridgehead atoms. The Labute approximate surface area is 122 Å². The van der Waals surface area contributed by atoms with E-state index in [2.05, 4.69) is 26.3 Å². The molecule has 0 radical (unpaired) electrons. The van der Waals surface area contributed by atoms with Gasteiger partial charge in [0, 0.05) is 17.7 Å². The summed E-state index contributed by atoms with van der Waals surface area (Å²) in [6.45, 7) is 0. The third-order valence-electron chi connectivity index (χ3n) is 2.38. The summed E-state index contributed by atoms with van der Waals surface area (Å²) in [4.78, 5) is 11.8.